The van der Waals surface area contributed by atoms with Crippen LogP contribution in [0.1, 0.15) is 65.8 Å². The first-order chi connectivity index (χ1) is 17.6. The largest absolute Gasteiger partial charge is 0.396 e. The average molecular weight is 517 g/mol. The maximum Gasteiger partial charge on any atom is 0.123 e. The van der Waals surface area contributed by atoms with Crippen molar-refractivity contribution in [3.63, 3.8) is 0 Å². The molecule has 0 fully saturated rings. The van der Waals surface area contributed by atoms with E-state index in [0.29, 0.717) is 0 Å². The minimum Gasteiger partial charge on any atom is -0.396 e. The fraction of sp³-hybridized carbons (Fsp3) is 0.273. The molecule has 1 N–H and O–H groups in total. The van der Waals surface area contributed by atoms with Crippen LogP contribution in [-0.4, -0.2) is 11.7 Å². The molecule has 0 amide bonds. The summed E-state index contributed by atoms with van der Waals surface area (Å²) in [5, 5.41) is 10.1. The number of hydrogen-bond acceptors (Lipinski definition) is 2. The second kappa shape index (κ2) is 11.5. The lowest BCUT2D eigenvalue weighted by Crippen LogP contribution is -2.10. The number of aryl methyl sites for hydroxylation is 1. The number of thiophene rings is 1. The first-order valence-electron chi connectivity index (χ1n) is 12.6. The van der Waals surface area contributed by atoms with Crippen molar-refractivity contribution in [2.24, 2.45) is 0 Å². The number of aliphatic hydroxyl groups excluding tert-OH is 1. The van der Waals surface area contributed by atoms with Crippen LogP contribution in [0.4, 0.5) is 8.78 Å². The molecule has 4 aromatic rings. The number of aliphatic hydroxyl groups is 1. The zero-order valence-corrected chi connectivity index (χ0v) is 22.7. The van der Waals surface area contributed by atoms with Crippen molar-refractivity contribution in [3.05, 3.63) is 123 Å². The molecule has 0 saturated heterocycles. The molecule has 1 unspecified atom stereocenters. The van der Waals surface area contributed by atoms with Crippen molar-refractivity contribution in [3.8, 4) is 10.4 Å². The number of halogens is 2. The van der Waals surface area contributed by atoms with Crippen LogP contribution >= 0.6 is 11.3 Å². The van der Waals surface area contributed by atoms with Crippen LogP contribution in [0.25, 0.3) is 16.5 Å². The highest BCUT2D eigenvalue weighted by Crippen LogP contribution is 2.32. The van der Waals surface area contributed by atoms with Gasteiger partial charge in [-0.25, -0.2) is 8.78 Å². The van der Waals surface area contributed by atoms with Gasteiger partial charge in [0.05, 0.1) is 6.61 Å². The van der Waals surface area contributed by atoms with E-state index in [1.165, 1.54) is 22.6 Å². The third-order valence-electron chi connectivity index (χ3n) is 6.76. The molecule has 0 aliphatic rings. The van der Waals surface area contributed by atoms with Crippen molar-refractivity contribution in [1.29, 1.82) is 0 Å². The van der Waals surface area contributed by atoms with Gasteiger partial charge in [-0.1, -0.05) is 75.4 Å². The highest BCUT2D eigenvalue weighted by atomic mass is 32.1. The highest BCUT2D eigenvalue weighted by Gasteiger charge is 2.16. The van der Waals surface area contributed by atoms with E-state index in [-0.39, 0.29) is 36.0 Å². The predicted molar refractivity (Wildman–Crippen MR) is 152 cm³/mol. The van der Waals surface area contributed by atoms with Gasteiger partial charge >= 0.3 is 0 Å². The lowest BCUT2D eigenvalue weighted by Gasteiger charge is -2.19. The molecule has 0 aliphatic carbocycles. The van der Waals surface area contributed by atoms with E-state index in [1.54, 1.807) is 29.5 Å². The Bertz CT molecular complexity index is 1360. The summed E-state index contributed by atoms with van der Waals surface area (Å²) in [5.41, 5.74) is 6.33. The summed E-state index contributed by atoms with van der Waals surface area (Å²) in [6, 6.07) is 24.8. The molecular formula is C33H34F2OS. The Balaban J connectivity index is 1.48. The van der Waals surface area contributed by atoms with Gasteiger partial charge < -0.3 is 5.11 Å². The van der Waals surface area contributed by atoms with Crippen molar-refractivity contribution in [2.45, 2.75) is 51.9 Å². The third kappa shape index (κ3) is 7.03. The molecule has 0 bridgehead atoms. The van der Waals surface area contributed by atoms with E-state index < -0.39 is 0 Å². The van der Waals surface area contributed by atoms with E-state index in [9.17, 15) is 13.9 Å². The fourth-order valence-corrected chi connectivity index (χ4v) is 5.44. The molecule has 0 saturated carbocycles. The summed E-state index contributed by atoms with van der Waals surface area (Å²) in [6.07, 6.45) is 2.46. The van der Waals surface area contributed by atoms with E-state index in [0.717, 1.165) is 39.1 Å². The fourth-order valence-electron chi connectivity index (χ4n) is 4.41. The van der Waals surface area contributed by atoms with Crippen molar-refractivity contribution in [1.82, 2.24) is 0 Å². The van der Waals surface area contributed by atoms with Gasteiger partial charge in [-0.15, -0.1) is 11.3 Å². The number of rotatable bonds is 8. The first kappa shape index (κ1) is 27.0. The van der Waals surface area contributed by atoms with Gasteiger partial charge in [-0.3, -0.25) is 0 Å². The molecule has 0 radical (unpaired) electrons. The van der Waals surface area contributed by atoms with Gasteiger partial charge in [0.25, 0.3) is 0 Å². The van der Waals surface area contributed by atoms with Crippen LogP contribution in [0, 0.1) is 12.7 Å². The Morgan fingerprint density at radius 3 is 2.30 bits per heavy atom. The maximum absolute atomic E-state index is 15.0. The smallest absolute Gasteiger partial charge is 0.123 e. The summed E-state index contributed by atoms with van der Waals surface area (Å²) in [4.78, 5) is 2.30. The van der Waals surface area contributed by atoms with Crippen LogP contribution < -0.4 is 0 Å². The third-order valence-corrected chi connectivity index (χ3v) is 7.90. The van der Waals surface area contributed by atoms with Gasteiger partial charge in [0.1, 0.15) is 11.6 Å². The van der Waals surface area contributed by atoms with E-state index in [1.807, 2.05) is 30.3 Å². The second-order valence-electron chi connectivity index (χ2n) is 10.7. The molecule has 0 aliphatic heterocycles. The van der Waals surface area contributed by atoms with Gasteiger partial charge in [-0.05, 0) is 76.1 Å². The Hall–Kier alpha value is -3.08. The van der Waals surface area contributed by atoms with Crippen LogP contribution in [0.5, 0.6) is 0 Å². The summed E-state index contributed by atoms with van der Waals surface area (Å²) in [5.74, 6) is -0.800. The molecule has 0 spiro atoms. The summed E-state index contributed by atoms with van der Waals surface area (Å²) < 4.78 is 28.3. The monoisotopic (exact) mass is 516 g/mol. The zero-order chi connectivity index (χ0) is 26.6. The van der Waals surface area contributed by atoms with E-state index in [4.69, 9.17) is 0 Å². The van der Waals surface area contributed by atoms with Gasteiger partial charge in [0, 0.05) is 28.5 Å². The Morgan fingerprint density at radius 2 is 1.65 bits per heavy atom. The molecule has 1 atom stereocenters. The summed E-state index contributed by atoms with van der Waals surface area (Å²) in [7, 11) is 0. The lowest BCUT2D eigenvalue weighted by molar-refractivity contribution is 0.260. The van der Waals surface area contributed by atoms with Gasteiger partial charge in [-0.2, -0.15) is 0 Å². The number of hydrogen-bond donors (Lipinski definition) is 1. The average Bonchev–Trinajstić information content (AvgIpc) is 3.33. The maximum atomic E-state index is 15.0. The van der Waals surface area contributed by atoms with Crippen LogP contribution in [-0.2, 0) is 11.8 Å². The molecule has 1 nitrogen and oxygen atoms in total. The van der Waals surface area contributed by atoms with Crippen molar-refractivity contribution < 1.29 is 13.9 Å². The normalized spacial score (nSPS) is 13.1. The lowest BCUT2D eigenvalue weighted by atomic mass is 9.86. The van der Waals surface area contributed by atoms with E-state index in [2.05, 4.69) is 52.0 Å². The molecule has 3 aromatic carbocycles. The topological polar surface area (TPSA) is 20.2 Å². The van der Waals surface area contributed by atoms with E-state index >= 15 is 0 Å². The minimum atomic E-state index is -0.317. The SMILES string of the molecule is Cc1ccc(C(CO)C/C(F)=C/c2ccc(C(C)(C)C)cc2)cc1Cc1ccc(-c2ccc(F)cc2)s1. The molecule has 4 rings (SSSR count). The number of benzene rings is 3. The highest BCUT2D eigenvalue weighted by molar-refractivity contribution is 7.15. The standard InChI is InChI=1S/C33H34F2OS/c1-22-5-8-25(18-26(22)20-31-15-16-32(37-31)24-9-13-29(34)14-10-24)27(21-36)19-30(35)17-23-6-11-28(12-7-23)33(2,3)4/h5-18,27,36H,19-21H2,1-4H3/b30-17-. The Labute approximate surface area is 223 Å². The summed E-state index contributed by atoms with van der Waals surface area (Å²) in [6.45, 7) is 8.42. The zero-order valence-electron chi connectivity index (χ0n) is 21.9. The van der Waals surface area contributed by atoms with Crippen molar-refractivity contribution >= 4 is 17.4 Å². The molecule has 192 valence electrons. The van der Waals surface area contributed by atoms with Crippen LogP contribution in [0.15, 0.2) is 84.7 Å². The summed E-state index contributed by atoms with van der Waals surface area (Å²) >= 11 is 1.69. The predicted octanol–water partition coefficient (Wildman–Crippen LogP) is 9.23. The van der Waals surface area contributed by atoms with Gasteiger partial charge in [0.15, 0.2) is 0 Å². The molecule has 4 heteroatoms. The molecule has 1 aromatic heterocycles. The second-order valence-corrected chi connectivity index (χ2v) is 11.9. The Kier molecular flexibility index (Phi) is 8.41. The molecular weight excluding hydrogens is 482 g/mol. The van der Waals surface area contributed by atoms with Crippen LogP contribution in [0.3, 0.4) is 0 Å². The molecule has 37 heavy (non-hydrogen) atoms. The van der Waals surface area contributed by atoms with Gasteiger partial charge in [0.2, 0.25) is 0 Å². The van der Waals surface area contributed by atoms with Crippen molar-refractivity contribution in [2.75, 3.05) is 6.61 Å². The van der Waals surface area contributed by atoms with Crippen LogP contribution in [0.2, 0.25) is 0 Å². The first-order valence-corrected chi connectivity index (χ1v) is 13.5. The minimum absolute atomic E-state index is 0.0531. The quantitative estimate of drug-likeness (QED) is 0.247. The molecule has 1 heterocycles. The number of allylic oxidation sites excluding steroid dienone is 1. The Morgan fingerprint density at radius 1 is 0.946 bits per heavy atom.